The van der Waals surface area contributed by atoms with Crippen LogP contribution in [-0.2, 0) is 55.9 Å². The normalized spacial score (nSPS) is 18.7. The summed E-state index contributed by atoms with van der Waals surface area (Å²) in [5.74, 6) is 0. The minimum atomic E-state index is -1.64. The smallest absolute Gasteiger partial charge is 0.272 e. The van der Waals surface area contributed by atoms with Gasteiger partial charge in [-0.05, 0) is 55.9 Å². The Labute approximate surface area is 151 Å². The van der Waals surface area contributed by atoms with E-state index in [1.807, 2.05) is 0 Å². The Morgan fingerprint density at radius 1 is 0.500 bits per heavy atom. The Bertz CT molecular complexity index is 505. The molecule has 1 rings (SSSR count). The minimum absolute atomic E-state index is 0.0786. The molecule has 1 aromatic rings. The number of benzene rings is 1. The molecule has 5 nitrogen and oxygen atoms in total. The number of rotatable bonds is 5. The molecule has 0 heterocycles. The van der Waals surface area contributed by atoms with Crippen LogP contribution in [0, 0.1) is 0 Å². The fourth-order valence-electron chi connectivity index (χ4n) is 1.94. The Balaban J connectivity index is 4.07. The quantitative estimate of drug-likeness (QED) is 0.555. The van der Waals surface area contributed by atoms with E-state index in [0.717, 1.165) is 0 Å². The fraction of sp³-hybridized carbons (Fsp3) is 0.455. The van der Waals surface area contributed by atoms with Crippen LogP contribution in [-0.4, -0.2) is 54.0 Å². The van der Waals surface area contributed by atoms with Crippen molar-refractivity contribution in [1.82, 2.24) is 0 Å². The maximum Gasteiger partial charge on any atom is 0.272 e. The van der Waals surface area contributed by atoms with Crippen LogP contribution in [0.15, 0.2) is 29.4 Å². The van der Waals surface area contributed by atoms with E-state index in [9.17, 15) is 22.8 Å². The van der Waals surface area contributed by atoms with Gasteiger partial charge in [-0.3, -0.25) is 0 Å². The van der Waals surface area contributed by atoms with Crippen molar-refractivity contribution in [1.29, 1.82) is 0 Å². The molecule has 0 bridgehead atoms. The average Bonchev–Trinajstić information content (AvgIpc) is 2.34. The van der Waals surface area contributed by atoms with Crippen molar-refractivity contribution in [3.63, 3.8) is 0 Å². The lowest BCUT2D eigenvalue weighted by molar-refractivity contribution is 0.555. The maximum atomic E-state index is 12.2. The van der Waals surface area contributed by atoms with Gasteiger partial charge in [-0.25, -0.2) is 0 Å². The van der Waals surface area contributed by atoms with Crippen molar-refractivity contribution in [2.75, 3.05) is 31.3 Å². The summed E-state index contributed by atoms with van der Waals surface area (Å²) in [6.45, 7) is 0. The van der Waals surface area contributed by atoms with Gasteiger partial charge in [0.15, 0.2) is 0 Å². The molecule has 0 radical (unpaired) electrons. The summed E-state index contributed by atoms with van der Waals surface area (Å²) in [5.41, 5.74) is 0. The minimum Gasteiger partial charge on any atom is -0.611 e. The molecule has 0 aromatic heterocycles. The lowest BCUT2D eigenvalue weighted by atomic mass is 10.3. The molecule has 5 unspecified atom stereocenters. The van der Waals surface area contributed by atoms with Crippen molar-refractivity contribution >= 4 is 68.5 Å². The Morgan fingerprint density at radius 3 is 0.864 bits per heavy atom. The zero-order valence-corrected chi connectivity index (χ0v) is 17.5. The van der Waals surface area contributed by atoms with Gasteiger partial charge in [0.1, 0.15) is 36.2 Å². The van der Waals surface area contributed by atoms with Crippen LogP contribution in [0.3, 0.4) is 0 Å². The van der Waals surface area contributed by atoms with Crippen LogP contribution in [0.1, 0.15) is 0 Å². The van der Waals surface area contributed by atoms with Crippen LogP contribution in [0.25, 0.3) is 0 Å². The number of hydrogen-bond acceptors (Lipinski definition) is 6. The Morgan fingerprint density at radius 2 is 0.682 bits per heavy atom. The van der Waals surface area contributed by atoms with Gasteiger partial charge in [0, 0.05) is 0 Å². The average molecular weight is 421 g/mol. The number of hydrogen-bond donors (Lipinski definition) is 1. The molecule has 0 aliphatic heterocycles. The van der Waals surface area contributed by atoms with Crippen molar-refractivity contribution in [2.24, 2.45) is 0 Å². The first kappa shape index (κ1) is 21.2. The molecule has 11 heteroatoms. The molecule has 0 N–H and O–H groups in total. The van der Waals surface area contributed by atoms with E-state index in [-0.39, 0.29) is 29.4 Å². The third-order valence-corrected chi connectivity index (χ3v) is 8.87. The Kier molecular flexibility index (Phi) is 8.15. The molecule has 0 amide bonds. The highest BCUT2D eigenvalue weighted by Gasteiger charge is 2.45. The highest BCUT2D eigenvalue weighted by Crippen LogP contribution is 2.43. The standard InChI is InChI=1S/C11H16O5S6/c1-18(12)7-6(17)8(19(2)13)10(21(4)15)11(22(5)16)9(7)20(3)14/h17H,1-5H3. The molecule has 0 saturated carbocycles. The van der Waals surface area contributed by atoms with Crippen molar-refractivity contribution in [3.8, 4) is 0 Å². The van der Waals surface area contributed by atoms with Gasteiger partial charge in [0.2, 0.25) is 9.79 Å². The molecule has 22 heavy (non-hydrogen) atoms. The summed E-state index contributed by atoms with van der Waals surface area (Å²) in [5, 5.41) is 0. The summed E-state index contributed by atoms with van der Waals surface area (Å²) >= 11 is -3.77. The summed E-state index contributed by atoms with van der Waals surface area (Å²) < 4.78 is 60.6. The molecule has 126 valence electrons. The molecular formula is C11H16O5S6. The zero-order chi connectivity index (χ0) is 17.4. The van der Waals surface area contributed by atoms with Crippen LogP contribution in [0.4, 0.5) is 0 Å². The van der Waals surface area contributed by atoms with Gasteiger partial charge < -0.3 is 22.8 Å². The lowest BCUT2D eigenvalue weighted by Gasteiger charge is -2.21. The molecule has 0 saturated heterocycles. The van der Waals surface area contributed by atoms with Gasteiger partial charge in [0.25, 0.3) is 14.7 Å². The first-order chi connectivity index (χ1) is 10.0. The first-order valence-corrected chi connectivity index (χ1v) is 13.9. The van der Waals surface area contributed by atoms with E-state index in [0.29, 0.717) is 0 Å². The SMILES string of the molecule is C[S+]([O-])c1c(S)c([S+](C)[O-])c([S+](C)[O-])c([S+](C)[O-])c1[S+](C)[O-]. The first-order valence-electron chi connectivity index (χ1n) is 5.62. The van der Waals surface area contributed by atoms with E-state index in [1.54, 1.807) is 0 Å². The van der Waals surface area contributed by atoms with Crippen LogP contribution >= 0.6 is 12.6 Å². The molecule has 0 spiro atoms. The highest BCUT2D eigenvalue weighted by atomic mass is 32.2. The van der Waals surface area contributed by atoms with Crippen molar-refractivity contribution < 1.29 is 22.8 Å². The third-order valence-electron chi connectivity index (χ3n) is 2.69. The maximum absolute atomic E-state index is 12.2. The summed E-state index contributed by atoms with van der Waals surface area (Å²) in [6.07, 6.45) is 6.82. The summed E-state index contributed by atoms with van der Waals surface area (Å²) in [6, 6.07) is 0. The van der Waals surface area contributed by atoms with Gasteiger partial charge in [-0.1, -0.05) is 0 Å². The van der Waals surface area contributed by atoms with Gasteiger partial charge in [-0.2, -0.15) is 0 Å². The van der Waals surface area contributed by atoms with E-state index in [4.69, 9.17) is 0 Å². The molecular weight excluding hydrogens is 405 g/mol. The molecule has 1 aromatic carbocycles. The van der Waals surface area contributed by atoms with Crippen LogP contribution < -0.4 is 0 Å². The van der Waals surface area contributed by atoms with Gasteiger partial charge in [0.05, 0.1) is 0 Å². The monoisotopic (exact) mass is 420 g/mol. The summed E-state index contributed by atoms with van der Waals surface area (Å²) in [7, 11) is 0. The van der Waals surface area contributed by atoms with E-state index >= 15 is 0 Å². The van der Waals surface area contributed by atoms with Crippen LogP contribution in [0.2, 0.25) is 0 Å². The second-order valence-corrected chi connectivity index (χ2v) is 11.3. The third kappa shape index (κ3) is 4.20. The summed E-state index contributed by atoms with van der Waals surface area (Å²) in [4.78, 5) is 0.681. The Hall–Kier alpha value is 1.12. The largest absolute Gasteiger partial charge is 0.611 e. The molecule has 5 atom stereocenters. The van der Waals surface area contributed by atoms with Gasteiger partial charge >= 0.3 is 0 Å². The van der Waals surface area contributed by atoms with E-state index in [1.165, 1.54) is 31.3 Å². The second-order valence-electron chi connectivity index (χ2n) is 4.26. The topological polar surface area (TPSA) is 115 Å². The predicted octanol–water partition coefficient (Wildman–Crippen LogP) is 0.662. The fourth-order valence-corrected chi connectivity index (χ4v) is 9.82. The highest BCUT2D eigenvalue weighted by molar-refractivity contribution is 7.97. The lowest BCUT2D eigenvalue weighted by Crippen LogP contribution is -2.22. The zero-order valence-electron chi connectivity index (χ0n) is 12.5. The van der Waals surface area contributed by atoms with E-state index in [2.05, 4.69) is 12.6 Å². The second kappa shape index (κ2) is 8.48. The van der Waals surface area contributed by atoms with Crippen molar-refractivity contribution in [3.05, 3.63) is 0 Å². The predicted molar refractivity (Wildman–Crippen MR) is 95.4 cm³/mol. The van der Waals surface area contributed by atoms with Crippen molar-refractivity contribution in [2.45, 2.75) is 29.4 Å². The van der Waals surface area contributed by atoms with E-state index < -0.39 is 55.9 Å². The molecule has 0 fully saturated rings. The van der Waals surface area contributed by atoms with Gasteiger partial charge in [-0.15, -0.1) is 12.6 Å². The molecule has 0 aliphatic carbocycles. The number of thiol groups is 1. The molecule has 0 aliphatic rings. The van der Waals surface area contributed by atoms with Crippen LogP contribution in [0.5, 0.6) is 0 Å².